The van der Waals surface area contributed by atoms with Crippen molar-refractivity contribution in [1.29, 1.82) is 0 Å². The quantitative estimate of drug-likeness (QED) is 0.145. The van der Waals surface area contributed by atoms with E-state index in [-0.39, 0.29) is 12.2 Å². The number of carbonyl (C=O) groups excluding carboxylic acids is 1. The first-order chi connectivity index (χ1) is 17.7. The van der Waals surface area contributed by atoms with Gasteiger partial charge in [-0.15, -0.1) is 0 Å². The van der Waals surface area contributed by atoms with Gasteiger partial charge in [0.05, 0.1) is 19.3 Å². The van der Waals surface area contributed by atoms with Crippen LogP contribution >= 0.6 is 0 Å². The van der Waals surface area contributed by atoms with E-state index < -0.39 is 91.7 Å². The molecule has 0 aromatic heterocycles. The summed E-state index contributed by atoms with van der Waals surface area (Å²) in [4.78, 5) is 12.0. The predicted molar refractivity (Wildman–Crippen MR) is 128 cm³/mol. The Labute approximate surface area is 220 Å². The zero-order valence-electron chi connectivity index (χ0n) is 21.8. The third-order valence-corrected chi connectivity index (χ3v) is 7.55. The minimum Gasteiger partial charge on any atom is -0.394 e. The Morgan fingerprint density at radius 2 is 1.53 bits per heavy atom. The number of hydrogen-bond acceptors (Lipinski definition) is 13. The van der Waals surface area contributed by atoms with Crippen LogP contribution in [0.5, 0.6) is 0 Å². The van der Waals surface area contributed by atoms with Gasteiger partial charge in [-0.3, -0.25) is 4.79 Å². The second-order valence-corrected chi connectivity index (χ2v) is 10.8. The summed E-state index contributed by atoms with van der Waals surface area (Å²) in [6.45, 7) is 5.39. The molecule has 0 aromatic rings. The SMILES string of the molecule is CC1=CC(=O)CC(C)(C)[C@]1(O)/C=C/[C@H](C)O[C@H]1O[C@@H](CO)[C@H](O)[C@@H](O)[C@@H]1O[C@@H]1O[C@H](CO)[C@H](O)[C@H](O)[C@@H]1O. The fraction of sp³-hybridized carbons (Fsp3) is 0.800. The minimum absolute atomic E-state index is 0.0961. The van der Waals surface area contributed by atoms with Crippen LogP contribution < -0.4 is 0 Å². The van der Waals surface area contributed by atoms with Crippen LogP contribution in [0.4, 0.5) is 0 Å². The molecule has 0 saturated carbocycles. The van der Waals surface area contributed by atoms with Crippen LogP contribution in [0, 0.1) is 5.41 Å². The molecule has 0 unspecified atom stereocenters. The average Bonchev–Trinajstić information content (AvgIpc) is 2.85. The fourth-order valence-corrected chi connectivity index (χ4v) is 5.04. The molecule has 2 aliphatic heterocycles. The molecule has 0 spiro atoms. The Balaban J connectivity index is 1.81. The van der Waals surface area contributed by atoms with Crippen LogP contribution in [-0.4, -0.2) is 133 Å². The van der Waals surface area contributed by atoms with E-state index in [2.05, 4.69) is 0 Å². The third-order valence-electron chi connectivity index (χ3n) is 7.55. The summed E-state index contributed by atoms with van der Waals surface area (Å²) in [5.74, 6) is -0.0961. The number of aliphatic hydroxyl groups is 8. The molecule has 0 radical (unpaired) electrons. The van der Waals surface area contributed by atoms with Crippen LogP contribution in [0.25, 0.3) is 0 Å². The maximum Gasteiger partial charge on any atom is 0.187 e. The summed E-state index contributed by atoms with van der Waals surface area (Å²) in [5, 5.41) is 81.9. The topological polar surface area (TPSA) is 216 Å². The number of rotatable bonds is 8. The molecule has 13 nitrogen and oxygen atoms in total. The summed E-state index contributed by atoms with van der Waals surface area (Å²) >= 11 is 0. The van der Waals surface area contributed by atoms with Gasteiger partial charge in [0, 0.05) is 11.8 Å². The van der Waals surface area contributed by atoms with Gasteiger partial charge in [0.1, 0.15) is 54.4 Å². The number of hydrogen-bond donors (Lipinski definition) is 8. The van der Waals surface area contributed by atoms with Crippen molar-refractivity contribution in [3.05, 3.63) is 23.8 Å². The summed E-state index contributed by atoms with van der Waals surface area (Å²) in [7, 11) is 0. The molecule has 3 aliphatic rings. The highest BCUT2D eigenvalue weighted by Crippen LogP contribution is 2.44. The van der Waals surface area contributed by atoms with Crippen LogP contribution in [-0.2, 0) is 23.7 Å². The standard InChI is InChI=1S/C25H40O13/c1-11-7-13(28)8-24(3,4)25(11,34)6-5-12(2)35-23-21(19(32)17(30)15(10-27)37-23)38-22-20(33)18(31)16(29)14(9-26)36-22/h5-7,12,14-23,26-27,29-34H,8-10H2,1-4H3/b6-5+/t12-,14+,15-,16-,17-,18-,19+,20-,21-,22-,23-,25-/m0/s1. The molecular weight excluding hydrogens is 508 g/mol. The molecule has 0 bridgehead atoms. The van der Waals surface area contributed by atoms with E-state index >= 15 is 0 Å². The number of aliphatic hydroxyl groups excluding tert-OH is 7. The maximum atomic E-state index is 12.0. The third kappa shape index (κ3) is 6.04. The van der Waals surface area contributed by atoms with Crippen molar-refractivity contribution >= 4 is 5.78 Å². The molecule has 1 aliphatic carbocycles. The summed E-state index contributed by atoms with van der Waals surface area (Å²) in [6.07, 6.45) is -11.9. The van der Waals surface area contributed by atoms with E-state index in [0.717, 1.165) is 0 Å². The van der Waals surface area contributed by atoms with E-state index in [1.165, 1.54) is 18.2 Å². The van der Waals surface area contributed by atoms with Gasteiger partial charge in [-0.05, 0) is 31.6 Å². The predicted octanol–water partition coefficient (Wildman–Crippen LogP) is -2.75. The molecule has 2 saturated heterocycles. The normalized spacial score (nSPS) is 44.7. The Bertz CT molecular complexity index is 888. The lowest BCUT2D eigenvalue weighted by atomic mass is 9.64. The number of ether oxygens (including phenoxy) is 4. The molecule has 38 heavy (non-hydrogen) atoms. The van der Waals surface area contributed by atoms with Gasteiger partial charge in [-0.1, -0.05) is 19.9 Å². The Morgan fingerprint density at radius 1 is 0.974 bits per heavy atom. The van der Waals surface area contributed by atoms with Crippen molar-refractivity contribution in [3.8, 4) is 0 Å². The monoisotopic (exact) mass is 548 g/mol. The van der Waals surface area contributed by atoms with Crippen molar-refractivity contribution in [1.82, 2.24) is 0 Å². The van der Waals surface area contributed by atoms with Gasteiger partial charge in [-0.2, -0.15) is 0 Å². The highest BCUT2D eigenvalue weighted by molar-refractivity contribution is 5.92. The first kappa shape index (κ1) is 31.2. The highest BCUT2D eigenvalue weighted by atomic mass is 16.8. The van der Waals surface area contributed by atoms with E-state index in [1.807, 2.05) is 0 Å². The van der Waals surface area contributed by atoms with Crippen molar-refractivity contribution in [2.45, 2.75) is 107 Å². The molecule has 2 heterocycles. The van der Waals surface area contributed by atoms with Gasteiger partial charge in [0.15, 0.2) is 18.4 Å². The molecule has 0 aromatic carbocycles. The molecule has 218 valence electrons. The van der Waals surface area contributed by atoms with E-state index in [1.54, 1.807) is 27.7 Å². The van der Waals surface area contributed by atoms with Crippen LogP contribution in [0.15, 0.2) is 23.8 Å². The Morgan fingerprint density at radius 3 is 2.08 bits per heavy atom. The van der Waals surface area contributed by atoms with Gasteiger partial charge in [0.2, 0.25) is 0 Å². The zero-order valence-corrected chi connectivity index (χ0v) is 21.8. The van der Waals surface area contributed by atoms with Gasteiger partial charge >= 0.3 is 0 Å². The van der Waals surface area contributed by atoms with Crippen molar-refractivity contribution in [2.75, 3.05) is 13.2 Å². The van der Waals surface area contributed by atoms with Gasteiger partial charge in [0.25, 0.3) is 0 Å². The highest BCUT2D eigenvalue weighted by Gasteiger charge is 2.51. The summed E-state index contributed by atoms with van der Waals surface area (Å²) in [6, 6.07) is 0. The largest absolute Gasteiger partial charge is 0.394 e. The molecule has 3 rings (SSSR count). The second-order valence-electron chi connectivity index (χ2n) is 10.8. The molecular formula is C25H40O13. The number of allylic oxidation sites excluding steroid dienone is 1. The van der Waals surface area contributed by atoms with Crippen LogP contribution in [0.3, 0.4) is 0 Å². The lowest BCUT2D eigenvalue weighted by Gasteiger charge is -2.46. The lowest BCUT2D eigenvalue weighted by molar-refractivity contribution is -0.369. The number of carbonyl (C=O) groups is 1. The molecule has 2 fully saturated rings. The van der Waals surface area contributed by atoms with E-state index in [9.17, 15) is 45.6 Å². The second kappa shape index (κ2) is 12.0. The van der Waals surface area contributed by atoms with E-state index in [0.29, 0.717) is 5.57 Å². The first-order valence-electron chi connectivity index (χ1n) is 12.5. The van der Waals surface area contributed by atoms with Gasteiger partial charge < -0.3 is 59.8 Å². The maximum absolute atomic E-state index is 12.0. The fourth-order valence-electron chi connectivity index (χ4n) is 5.04. The van der Waals surface area contributed by atoms with Crippen molar-refractivity contribution in [3.63, 3.8) is 0 Å². The molecule has 8 N–H and O–H groups in total. The zero-order chi connectivity index (χ0) is 28.6. The van der Waals surface area contributed by atoms with Crippen LogP contribution in [0.1, 0.15) is 34.1 Å². The summed E-state index contributed by atoms with van der Waals surface area (Å²) < 4.78 is 22.5. The lowest BCUT2D eigenvalue weighted by Crippen LogP contribution is -2.64. The molecule has 0 amide bonds. The van der Waals surface area contributed by atoms with Crippen molar-refractivity contribution < 1.29 is 64.6 Å². The number of ketones is 1. The molecule has 13 heteroatoms. The van der Waals surface area contributed by atoms with E-state index in [4.69, 9.17) is 18.9 Å². The van der Waals surface area contributed by atoms with Crippen LogP contribution in [0.2, 0.25) is 0 Å². The minimum atomic E-state index is -1.79. The Hall–Kier alpha value is -1.33. The average molecular weight is 549 g/mol. The Kier molecular flexibility index (Phi) is 9.89. The summed E-state index contributed by atoms with van der Waals surface area (Å²) in [5.41, 5.74) is -1.81. The smallest absolute Gasteiger partial charge is 0.187 e. The van der Waals surface area contributed by atoms with Crippen molar-refractivity contribution in [2.24, 2.45) is 5.41 Å². The van der Waals surface area contributed by atoms with Gasteiger partial charge in [-0.25, -0.2) is 0 Å². The first-order valence-corrected chi connectivity index (χ1v) is 12.5. The molecule has 12 atom stereocenters.